The fourth-order valence-corrected chi connectivity index (χ4v) is 1.40. The predicted molar refractivity (Wildman–Crippen MR) is 72.2 cm³/mol. The minimum absolute atomic E-state index is 0.119. The molecule has 3 nitrogen and oxygen atoms in total. The van der Waals surface area contributed by atoms with Crippen LogP contribution in [0.1, 0.15) is 29.9 Å². The van der Waals surface area contributed by atoms with Crippen LogP contribution in [0.25, 0.3) is 10.9 Å². The predicted octanol–water partition coefficient (Wildman–Crippen LogP) is 4.35. The average molecular weight is 251 g/mol. The number of H-pyrrole nitrogens is 1. The second kappa shape index (κ2) is 8.06. The minimum atomic E-state index is -1.00. The van der Waals surface area contributed by atoms with Crippen molar-refractivity contribution in [1.82, 2.24) is 4.98 Å². The van der Waals surface area contributed by atoms with Crippen LogP contribution in [0.3, 0.4) is 0 Å². The number of hydrogen-bond donors (Lipinski definition) is 1. The summed E-state index contributed by atoms with van der Waals surface area (Å²) in [7, 11) is 0. The summed E-state index contributed by atoms with van der Waals surface area (Å²) >= 11 is 0. The highest BCUT2D eigenvalue weighted by Gasteiger charge is 2.10. The normalized spacial score (nSPS) is 8.67. The van der Waals surface area contributed by atoms with Gasteiger partial charge in [-0.05, 0) is 25.1 Å². The van der Waals surface area contributed by atoms with E-state index < -0.39 is 5.97 Å². The fourth-order valence-electron chi connectivity index (χ4n) is 1.40. The molecule has 0 fully saturated rings. The molecule has 0 amide bonds. The van der Waals surface area contributed by atoms with Crippen LogP contribution in [-0.4, -0.2) is 11.0 Å². The summed E-state index contributed by atoms with van der Waals surface area (Å²) in [5.41, 5.74) is 1.99. The van der Waals surface area contributed by atoms with Crippen molar-refractivity contribution in [2.45, 2.75) is 20.8 Å². The van der Waals surface area contributed by atoms with E-state index in [9.17, 15) is 9.32 Å². The first-order chi connectivity index (χ1) is 8.70. The zero-order valence-electron chi connectivity index (χ0n) is 10.9. The quantitative estimate of drug-likeness (QED) is 0.766. The summed E-state index contributed by atoms with van der Waals surface area (Å²) in [5, 5.41) is 0.866. The molecule has 0 unspecified atom stereocenters. The number of nitrogens with one attached hydrogen (secondary N) is 1. The molecule has 2 aromatic rings. The summed E-state index contributed by atoms with van der Waals surface area (Å²) in [5.74, 6) is -1.00. The van der Waals surface area contributed by atoms with Gasteiger partial charge < -0.3 is 4.98 Å². The molecule has 1 aromatic heterocycles. The molecule has 1 aromatic carbocycles. The van der Waals surface area contributed by atoms with Gasteiger partial charge in [-0.25, -0.2) is 9.74 Å². The Morgan fingerprint density at radius 1 is 1.28 bits per heavy atom. The van der Waals surface area contributed by atoms with Crippen molar-refractivity contribution in [3.63, 3.8) is 0 Å². The number of halogens is 1. The summed E-state index contributed by atoms with van der Waals surface area (Å²) in [6, 6.07) is 7.20. The van der Waals surface area contributed by atoms with Crippen LogP contribution in [0.15, 0.2) is 37.4 Å². The van der Waals surface area contributed by atoms with Gasteiger partial charge in [0.25, 0.3) is 0 Å². The molecule has 18 heavy (non-hydrogen) atoms. The Labute approximate surface area is 106 Å². The van der Waals surface area contributed by atoms with Crippen LogP contribution < -0.4 is 0 Å². The number of rotatable bonds is 1. The van der Waals surface area contributed by atoms with Gasteiger partial charge in [0.1, 0.15) is 5.69 Å². The summed E-state index contributed by atoms with van der Waals surface area (Å²) in [6.07, 6.45) is 0. The highest BCUT2D eigenvalue weighted by atomic mass is 19.3. The number of carbonyl (C=O) groups is 1. The van der Waals surface area contributed by atoms with Crippen LogP contribution >= 0.6 is 0 Å². The largest absolute Gasteiger partial charge is 0.395 e. The Hall–Kier alpha value is -2.10. The first-order valence-corrected chi connectivity index (χ1v) is 5.63. The van der Waals surface area contributed by atoms with E-state index in [-0.39, 0.29) is 5.69 Å². The third kappa shape index (κ3) is 3.73. The van der Waals surface area contributed by atoms with Gasteiger partial charge in [-0.2, -0.15) is 0 Å². The molecule has 0 aliphatic heterocycles. The van der Waals surface area contributed by atoms with Gasteiger partial charge in [-0.3, -0.25) is 0 Å². The third-order valence-electron chi connectivity index (χ3n) is 2.07. The van der Waals surface area contributed by atoms with E-state index in [1.54, 1.807) is 6.07 Å². The zero-order chi connectivity index (χ0) is 14.1. The van der Waals surface area contributed by atoms with Crippen molar-refractivity contribution < 1.29 is 14.3 Å². The summed E-state index contributed by atoms with van der Waals surface area (Å²) < 4.78 is 11.6. The van der Waals surface area contributed by atoms with Crippen molar-refractivity contribution >= 4 is 16.9 Å². The molecule has 98 valence electrons. The van der Waals surface area contributed by atoms with E-state index in [1.807, 2.05) is 39.0 Å². The van der Waals surface area contributed by atoms with Crippen LogP contribution in [0, 0.1) is 6.92 Å². The van der Waals surface area contributed by atoms with E-state index >= 15 is 0 Å². The Bertz CT molecular complexity index is 505. The Morgan fingerprint density at radius 2 is 1.89 bits per heavy atom. The minimum Gasteiger partial charge on any atom is -0.349 e. The van der Waals surface area contributed by atoms with E-state index in [0.29, 0.717) is 0 Å². The topological polar surface area (TPSA) is 42.1 Å². The van der Waals surface area contributed by atoms with Crippen LogP contribution in [-0.2, 0) is 4.94 Å². The van der Waals surface area contributed by atoms with Gasteiger partial charge in [0, 0.05) is 15.4 Å². The molecule has 0 atom stereocenters. The number of carbonyl (C=O) groups excluding carboxylic acids is 1. The van der Waals surface area contributed by atoms with Gasteiger partial charge in [-0.1, -0.05) is 25.5 Å². The average Bonchev–Trinajstić information content (AvgIpc) is 2.85. The van der Waals surface area contributed by atoms with E-state index in [0.717, 1.165) is 16.5 Å². The standard InChI is InChI=1S/C10H8FNO2.C2H6.C2H4/c1-6-2-3-8-7(4-6)5-9(12-8)10(13)14-11;2*1-2/h2-5,12H,1H3;1-2H3;1-2H2. The smallest absolute Gasteiger partial charge is 0.349 e. The summed E-state index contributed by atoms with van der Waals surface area (Å²) in [6.45, 7) is 11.9. The highest BCUT2D eigenvalue weighted by molar-refractivity contribution is 5.94. The van der Waals surface area contributed by atoms with E-state index in [2.05, 4.69) is 23.1 Å². The van der Waals surface area contributed by atoms with Crippen molar-refractivity contribution in [3.05, 3.63) is 48.7 Å². The number of aromatic nitrogens is 1. The number of fused-ring (bicyclic) bond motifs is 1. The maximum Gasteiger partial charge on any atom is 0.395 e. The Balaban J connectivity index is 0.000000659. The summed E-state index contributed by atoms with van der Waals surface area (Å²) in [4.78, 5) is 16.7. The van der Waals surface area contributed by atoms with Crippen molar-refractivity contribution in [2.24, 2.45) is 0 Å². The maximum absolute atomic E-state index is 11.6. The van der Waals surface area contributed by atoms with E-state index in [1.165, 1.54) is 0 Å². The SMILES string of the molecule is C=C.CC.Cc1ccc2[nH]c(C(=O)OF)cc2c1. The molecule has 0 saturated carbocycles. The number of aromatic amines is 1. The second-order valence-electron chi connectivity index (χ2n) is 3.14. The molecule has 1 heterocycles. The number of hydrogen-bond acceptors (Lipinski definition) is 2. The molecule has 0 bridgehead atoms. The lowest BCUT2D eigenvalue weighted by Gasteiger charge is -1.90. The monoisotopic (exact) mass is 251 g/mol. The van der Waals surface area contributed by atoms with Crippen LogP contribution in [0.5, 0.6) is 0 Å². The number of benzene rings is 1. The van der Waals surface area contributed by atoms with Gasteiger partial charge in [0.2, 0.25) is 0 Å². The lowest BCUT2D eigenvalue weighted by Crippen LogP contribution is -1.97. The van der Waals surface area contributed by atoms with Gasteiger partial charge in [-0.15, -0.1) is 13.2 Å². The number of aryl methyl sites for hydroxylation is 1. The molecule has 0 saturated heterocycles. The van der Waals surface area contributed by atoms with Gasteiger partial charge in [0.15, 0.2) is 0 Å². The molecule has 1 N–H and O–H groups in total. The molecule has 0 spiro atoms. The molecule has 4 heteroatoms. The second-order valence-corrected chi connectivity index (χ2v) is 3.14. The van der Waals surface area contributed by atoms with Crippen LogP contribution in [0.2, 0.25) is 0 Å². The van der Waals surface area contributed by atoms with Crippen molar-refractivity contribution in [1.29, 1.82) is 0 Å². The molecular formula is C14H18FNO2. The zero-order valence-corrected chi connectivity index (χ0v) is 10.9. The van der Waals surface area contributed by atoms with Crippen LogP contribution in [0.4, 0.5) is 4.53 Å². The van der Waals surface area contributed by atoms with Crippen molar-refractivity contribution in [2.75, 3.05) is 0 Å². The molecular weight excluding hydrogens is 233 g/mol. The highest BCUT2D eigenvalue weighted by Crippen LogP contribution is 2.17. The Kier molecular flexibility index (Phi) is 7.12. The van der Waals surface area contributed by atoms with Gasteiger partial charge >= 0.3 is 5.97 Å². The lowest BCUT2D eigenvalue weighted by atomic mass is 10.2. The lowest BCUT2D eigenvalue weighted by molar-refractivity contribution is -0.0792. The van der Waals surface area contributed by atoms with Crippen molar-refractivity contribution in [3.8, 4) is 0 Å². The molecule has 0 aliphatic rings. The fraction of sp³-hybridized carbons (Fsp3) is 0.214. The molecule has 0 radical (unpaired) electrons. The first-order valence-electron chi connectivity index (χ1n) is 5.63. The third-order valence-corrected chi connectivity index (χ3v) is 2.07. The Morgan fingerprint density at radius 3 is 2.44 bits per heavy atom. The first kappa shape index (κ1) is 15.9. The van der Waals surface area contributed by atoms with E-state index in [4.69, 9.17) is 0 Å². The van der Waals surface area contributed by atoms with Gasteiger partial charge in [0.05, 0.1) is 0 Å². The molecule has 2 rings (SSSR count). The maximum atomic E-state index is 11.6. The molecule has 0 aliphatic carbocycles.